The van der Waals surface area contributed by atoms with Crippen molar-refractivity contribution in [3.8, 4) is 5.75 Å². The Morgan fingerprint density at radius 2 is 1.65 bits per heavy atom. The molecule has 0 spiro atoms. The van der Waals surface area contributed by atoms with E-state index in [-0.39, 0.29) is 17.6 Å². The highest BCUT2D eigenvalue weighted by Gasteiger charge is 2.44. The first-order valence-corrected chi connectivity index (χ1v) is 10.7. The molecule has 1 aliphatic heterocycles. The normalized spacial score (nSPS) is 16.5. The van der Waals surface area contributed by atoms with Crippen LogP contribution in [0.5, 0.6) is 5.75 Å². The van der Waals surface area contributed by atoms with Crippen molar-refractivity contribution in [3.05, 3.63) is 59.7 Å². The molecule has 1 fully saturated rings. The number of anilines is 1. The molecule has 0 bridgehead atoms. The summed E-state index contributed by atoms with van der Waals surface area (Å²) in [7, 11) is 0. The van der Waals surface area contributed by atoms with Crippen molar-refractivity contribution in [2.45, 2.75) is 32.2 Å². The Labute approximate surface area is 194 Å². The molecule has 1 heterocycles. The van der Waals surface area contributed by atoms with Crippen molar-refractivity contribution in [1.82, 2.24) is 4.90 Å². The zero-order valence-corrected chi connectivity index (χ0v) is 18.3. The van der Waals surface area contributed by atoms with E-state index >= 15 is 0 Å². The minimum atomic E-state index is -4.68. The number of alkyl halides is 7. The van der Waals surface area contributed by atoms with Crippen LogP contribution >= 0.6 is 11.8 Å². The highest BCUT2D eigenvalue weighted by molar-refractivity contribution is 8.14. The number of benzene rings is 2. The number of carbonyl (C=O) groups is 1. The van der Waals surface area contributed by atoms with Crippen LogP contribution in [-0.2, 0) is 6.54 Å². The molecule has 0 aliphatic carbocycles. The number of rotatable bonds is 7. The van der Waals surface area contributed by atoms with Crippen LogP contribution in [0.2, 0.25) is 0 Å². The predicted octanol–water partition coefficient (Wildman–Crippen LogP) is 6.28. The van der Waals surface area contributed by atoms with Crippen molar-refractivity contribution in [2.75, 3.05) is 17.3 Å². The van der Waals surface area contributed by atoms with Gasteiger partial charge < -0.3 is 4.74 Å². The van der Waals surface area contributed by atoms with Gasteiger partial charge in [0.1, 0.15) is 12.3 Å². The van der Waals surface area contributed by atoms with E-state index in [1.807, 2.05) is 6.92 Å². The predicted molar refractivity (Wildman–Crippen MR) is 113 cm³/mol. The van der Waals surface area contributed by atoms with Crippen LogP contribution in [0, 0.1) is 6.92 Å². The maximum absolute atomic E-state index is 13.2. The quantitative estimate of drug-likeness (QED) is 0.413. The molecule has 0 atom stereocenters. The van der Waals surface area contributed by atoms with Crippen molar-refractivity contribution in [2.24, 2.45) is 4.99 Å². The SMILES string of the molecule is Cc1ccc(N2CS/C(=N/Cc3ccc(OC(F)(F)C(F)F)cc3)N(CC(F)(F)F)C2=O)cc1. The average molecular weight is 509 g/mol. The number of amidine groups is 1. The molecular weight excluding hydrogens is 491 g/mol. The fourth-order valence-corrected chi connectivity index (χ4v) is 3.82. The lowest BCUT2D eigenvalue weighted by atomic mass is 10.2. The number of aliphatic imine (C=N–C) groups is 1. The van der Waals surface area contributed by atoms with Gasteiger partial charge in [-0.15, -0.1) is 0 Å². The summed E-state index contributed by atoms with van der Waals surface area (Å²) in [6.07, 6.45) is -13.4. The van der Waals surface area contributed by atoms with Gasteiger partial charge in [0.2, 0.25) is 0 Å². The zero-order valence-electron chi connectivity index (χ0n) is 17.5. The highest BCUT2D eigenvalue weighted by atomic mass is 32.2. The first-order valence-electron chi connectivity index (χ1n) is 9.69. The number of halogens is 7. The molecule has 3 rings (SSSR count). The van der Waals surface area contributed by atoms with Crippen LogP contribution in [0.3, 0.4) is 0 Å². The number of aryl methyl sites for hydroxylation is 1. The minimum Gasteiger partial charge on any atom is -0.428 e. The third-order valence-corrected chi connectivity index (χ3v) is 5.52. The van der Waals surface area contributed by atoms with Crippen molar-refractivity contribution < 1.29 is 40.3 Å². The maximum atomic E-state index is 13.2. The molecule has 2 aromatic rings. The van der Waals surface area contributed by atoms with Gasteiger partial charge in [0.15, 0.2) is 5.17 Å². The van der Waals surface area contributed by atoms with Gasteiger partial charge in [-0.1, -0.05) is 41.6 Å². The lowest BCUT2D eigenvalue weighted by Gasteiger charge is -2.36. The summed E-state index contributed by atoms with van der Waals surface area (Å²) in [4.78, 5) is 18.7. The molecule has 1 aliphatic rings. The largest absolute Gasteiger partial charge is 0.461 e. The fourth-order valence-electron chi connectivity index (χ4n) is 2.86. The van der Waals surface area contributed by atoms with Gasteiger partial charge in [0.25, 0.3) is 0 Å². The second kappa shape index (κ2) is 10.1. The number of nitrogens with zero attached hydrogens (tertiary/aromatic N) is 3. The topological polar surface area (TPSA) is 45.1 Å². The van der Waals surface area contributed by atoms with Crippen molar-refractivity contribution >= 4 is 28.6 Å². The van der Waals surface area contributed by atoms with Gasteiger partial charge in [-0.25, -0.2) is 4.79 Å². The van der Waals surface area contributed by atoms with E-state index in [1.54, 1.807) is 24.3 Å². The smallest absolute Gasteiger partial charge is 0.428 e. The van der Waals surface area contributed by atoms with E-state index in [9.17, 15) is 35.5 Å². The molecular formula is C21H18F7N3O2S. The molecule has 5 nitrogen and oxygen atoms in total. The van der Waals surface area contributed by atoms with E-state index in [0.717, 1.165) is 29.5 Å². The Balaban J connectivity index is 1.76. The van der Waals surface area contributed by atoms with E-state index in [0.29, 0.717) is 16.2 Å². The first-order chi connectivity index (χ1) is 15.9. The van der Waals surface area contributed by atoms with Crippen molar-refractivity contribution in [3.63, 3.8) is 0 Å². The van der Waals surface area contributed by atoms with Gasteiger partial charge in [-0.05, 0) is 36.8 Å². The monoisotopic (exact) mass is 509 g/mol. The molecule has 2 amide bonds. The minimum absolute atomic E-state index is 0.0323. The number of carbonyl (C=O) groups excluding carboxylic acids is 1. The molecule has 0 radical (unpaired) electrons. The average Bonchev–Trinajstić information content (AvgIpc) is 2.75. The summed E-state index contributed by atoms with van der Waals surface area (Å²) < 4.78 is 93.9. The maximum Gasteiger partial charge on any atom is 0.461 e. The molecule has 0 unspecified atom stereocenters. The van der Waals surface area contributed by atoms with Crippen LogP contribution in [0.15, 0.2) is 53.5 Å². The molecule has 34 heavy (non-hydrogen) atoms. The van der Waals surface area contributed by atoms with Gasteiger partial charge >= 0.3 is 24.7 Å². The number of thioether (sulfide) groups is 1. The van der Waals surface area contributed by atoms with Crippen LogP contribution in [0.1, 0.15) is 11.1 Å². The highest BCUT2D eigenvalue weighted by Crippen LogP contribution is 2.30. The second-order valence-electron chi connectivity index (χ2n) is 7.23. The summed E-state index contributed by atoms with van der Waals surface area (Å²) in [5.41, 5.74) is 1.73. The van der Waals surface area contributed by atoms with Crippen LogP contribution in [0.25, 0.3) is 0 Å². The number of hydrogen-bond donors (Lipinski definition) is 0. The summed E-state index contributed by atoms with van der Waals surface area (Å²) in [6.45, 7) is 0.107. The number of ether oxygens (including phenoxy) is 1. The zero-order chi connectivity index (χ0) is 25.1. The Morgan fingerprint density at radius 3 is 2.21 bits per heavy atom. The lowest BCUT2D eigenvalue weighted by Crippen LogP contribution is -2.53. The molecule has 1 saturated heterocycles. The van der Waals surface area contributed by atoms with E-state index in [4.69, 9.17) is 0 Å². The van der Waals surface area contributed by atoms with Gasteiger partial charge in [-0.3, -0.25) is 14.8 Å². The molecule has 0 saturated carbocycles. The standard InChI is InChI=1S/C21H18F7N3O2S/c1-13-2-6-15(7-3-13)31-12-34-18(30(19(31)32)11-20(24,25)26)29-10-14-4-8-16(9-5-14)33-21(27,28)17(22)23/h2-9,17H,10-12H2,1H3/b29-18+. The lowest BCUT2D eigenvalue weighted by molar-refractivity contribution is -0.253. The molecule has 184 valence electrons. The van der Waals surface area contributed by atoms with Crippen LogP contribution in [0.4, 0.5) is 41.2 Å². The number of hydrogen-bond acceptors (Lipinski definition) is 4. The van der Waals surface area contributed by atoms with E-state index in [1.165, 1.54) is 17.0 Å². The Kier molecular flexibility index (Phi) is 7.64. The van der Waals surface area contributed by atoms with Gasteiger partial charge in [-0.2, -0.15) is 30.7 Å². The van der Waals surface area contributed by atoms with E-state index in [2.05, 4.69) is 9.73 Å². The Bertz CT molecular complexity index is 1030. The summed E-state index contributed by atoms with van der Waals surface area (Å²) >= 11 is 0.930. The third kappa shape index (κ3) is 6.55. The van der Waals surface area contributed by atoms with Gasteiger partial charge in [0, 0.05) is 5.69 Å². The summed E-state index contributed by atoms with van der Waals surface area (Å²) in [6, 6.07) is 10.4. The molecule has 13 heteroatoms. The number of urea groups is 1. The van der Waals surface area contributed by atoms with Crippen LogP contribution < -0.4 is 9.64 Å². The summed E-state index contributed by atoms with van der Waals surface area (Å²) in [5, 5.41) is -0.157. The van der Waals surface area contributed by atoms with Crippen molar-refractivity contribution in [1.29, 1.82) is 0 Å². The fraction of sp³-hybridized carbons (Fsp3) is 0.333. The first kappa shape index (κ1) is 25.7. The Morgan fingerprint density at radius 1 is 1.03 bits per heavy atom. The molecule has 2 aromatic carbocycles. The third-order valence-electron chi connectivity index (χ3n) is 4.53. The molecule has 0 aromatic heterocycles. The van der Waals surface area contributed by atoms with Gasteiger partial charge in [0.05, 0.1) is 12.4 Å². The number of amides is 2. The van der Waals surface area contributed by atoms with Crippen LogP contribution in [-0.4, -0.2) is 47.2 Å². The second-order valence-corrected chi connectivity index (χ2v) is 8.14. The molecule has 0 N–H and O–H groups in total. The Hall–Kier alpha value is -2.96. The van der Waals surface area contributed by atoms with E-state index < -0.39 is 37.0 Å². The summed E-state index contributed by atoms with van der Waals surface area (Å²) in [5.74, 6) is -0.485.